The third-order valence-electron chi connectivity index (χ3n) is 2.43. The number of hydrogen-bond donors (Lipinski definition) is 1. The highest BCUT2D eigenvalue weighted by atomic mass is 35.5. The molecule has 1 heterocycles. The smallest absolute Gasteiger partial charge is 0.242 e. The average molecular weight is 302 g/mol. The first-order valence-electron chi connectivity index (χ1n) is 5.68. The molecule has 0 saturated carbocycles. The molecule has 2 aromatic rings. The maximum Gasteiger partial charge on any atom is 0.242 e. The molecule has 0 aliphatic heterocycles. The molecule has 0 atom stereocenters. The zero-order valence-corrected chi connectivity index (χ0v) is 12.0. The van der Waals surface area contributed by atoms with Gasteiger partial charge in [-0.1, -0.05) is 28.3 Å². The van der Waals surface area contributed by atoms with Crippen molar-refractivity contribution in [2.45, 2.75) is 13.5 Å². The highest BCUT2D eigenvalue weighted by molar-refractivity contribution is 6.35. The van der Waals surface area contributed by atoms with E-state index in [1.807, 2.05) is 6.92 Å². The summed E-state index contributed by atoms with van der Waals surface area (Å²) in [5.74, 6) is 1.18. The molecule has 0 aliphatic carbocycles. The molecule has 0 aliphatic rings. The van der Waals surface area contributed by atoms with Crippen LogP contribution in [0.4, 0.5) is 5.95 Å². The minimum absolute atomic E-state index is 0.462. The summed E-state index contributed by atoms with van der Waals surface area (Å²) in [5.41, 5.74) is 0.849. The largest absolute Gasteiger partial charge is 0.492 e. The summed E-state index contributed by atoms with van der Waals surface area (Å²) in [6.45, 7) is 2.89. The second kappa shape index (κ2) is 6.08. The van der Waals surface area contributed by atoms with E-state index in [2.05, 4.69) is 20.8 Å². The summed E-state index contributed by atoms with van der Waals surface area (Å²) in [4.78, 5) is 0. The van der Waals surface area contributed by atoms with Crippen LogP contribution in [-0.4, -0.2) is 26.8 Å². The molecule has 19 heavy (non-hydrogen) atoms. The molecule has 0 radical (unpaired) electrons. The van der Waals surface area contributed by atoms with Gasteiger partial charge in [0.1, 0.15) is 5.75 Å². The Labute approximate surface area is 120 Å². The van der Waals surface area contributed by atoms with Gasteiger partial charge in [-0.25, -0.2) is 4.68 Å². The standard InChI is InChI=1S/C11H13Cl2N5O/c1-3-19-10-7(4-8(12)5-9(10)13)6-14-11-15-16-17-18(11)2/h4-5H,3,6H2,1-2H3,(H,14,15,17). The molecule has 1 aromatic heterocycles. The lowest BCUT2D eigenvalue weighted by Gasteiger charge is -2.13. The fourth-order valence-corrected chi connectivity index (χ4v) is 2.19. The van der Waals surface area contributed by atoms with Crippen LogP contribution in [0.25, 0.3) is 0 Å². The molecular formula is C11H13Cl2N5O. The highest BCUT2D eigenvalue weighted by Crippen LogP contribution is 2.32. The Hall–Kier alpha value is -1.53. The van der Waals surface area contributed by atoms with Gasteiger partial charge in [0, 0.05) is 24.2 Å². The van der Waals surface area contributed by atoms with Crippen molar-refractivity contribution in [3.8, 4) is 5.75 Å². The van der Waals surface area contributed by atoms with Gasteiger partial charge in [-0.15, -0.1) is 0 Å². The fraction of sp³-hybridized carbons (Fsp3) is 0.364. The Balaban J connectivity index is 2.21. The predicted octanol–water partition coefficient (Wildman–Crippen LogP) is 2.53. The van der Waals surface area contributed by atoms with Crippen molar-refractivity contribution in [2.75, 3.05) is 11.9 Å². The van der Waals surface area contributed by atoms with Gasteiger partial charge in [-0.2, -0.15) is 0 Å². The number of rotatable bonds is 5. The van der Waals surface area contributed by atoms with E-state index < -0.39 is 0 Å². The number of ether oxygens (including phenoxy) is 1. The Morgan fingerprint density at radius 2 is 2.16 bits per heavy atom. The monoisotopic (exact) mass is 301 g/mol. The Kier molecular flexibility index (Phi) is 4.44. The van der Waals surface area contributed by atoms with Crippen LogP contribution in [0.2, 0.25) is 10.0 Å². The zero-order chi connectivity index (χ0) is 13.8. The Morgan fingerprint density at radius 3 is 2.79 bits per heavy atom. The molecule has 8 heteroatoms. The summed E-state index contributed by atoms with van der Waals surface area (Å²) in [7, 11) is 1.75. The van der Waals surface area contributed by atoms with Gasteiger partial charge in [-0.3, -0.25) is 0 Å². The van der Waals surface area contributed by atoms with E-state index in [0.717, 1.165) is 5.56 Å². The summed E-state index contributed by atoms with van der Waals surface area (Å²) in [5, 5.41) is 15.2. The van der Waals surface area contributed by atoms with Crippen LogP contribution in [0.1, 0.15) is 12.5 Å². The second-order valence-corrected chi connectivity index (χ2v) is 4.63. The highest BCUT2D eigenvalue weighted by Gasteiger charge is 2.11. The number of nitrogens with zero attached hydrogens (tertiary/aromatic N) is 4. The summed E-state index contributed by atoms with van der Waals surface area (Å²) < 4.78 is 7.07. The van der Waals surface area contributed by atoms with Crippen LogP contribution in [0, 0.1) is 0 Å². The normalized spacial score (nSPS) is 10.5. The predicted molar refractivity (Wildman–Crippen MR) is 73.8 cm³/mol. The van der Waals surface area contributed by atoms with Crippen molar-refractivity contribution in [1.82, 2.24) is 20.2 Å². The van der Waals surface area contributed by atoms with Crippen LogP contribution in [0.5, 0.6) is 5.75 Å². The number of benzene rings is 1. The molecule has 0 saturated heterocycles. The van der Waals surface area contributed by atoms with E-state index >= 15 is 0 Å². The van der Waals surface area contributed by atoms with E-state index in [4.69, 9.17) is 27.9 Å². The maximum atomic E-state index is 6.12. The molecule has 0 amide bonds. The minimum atomic E-state index is 0.462. The first-order valence-corrected chi connectivity index (χ1v) is 6.44. The van der Waals surface area contributed by atoms with Crippen LogP contribution < -0.4 is 10.1 Å². The van der Waals surface area contributed by atoms with Crippen molar-refractivity contribution in [3.05, 3.63) is 27.7 Å². The second-order valence-electron chi connectivity index (χ2n) is 3.79. The lowest BCUT2D eigenvalue weighted by molar-refractivity contribution is 0.337. The van der Waals surface area contributed by atoms with Gasteiger partial charge in [0.15, 0.2) is 0 Å². The molecule has 102 valence electrons. The van der Waals surface area contributed by atoms with E-state index in [1.54, 1.807) is 19.2 Å². The lowest BCUT2D eigenvalue weighted by atomic mass is 10.2. The Morgan fingerprint density at radius 1 is 1.37 bits per heavy atom. The van der Waals surface area contributed by atoms with Gasteiger partial charge in [0.2, 0.25) is 5.95 Å². The summed E-state index contributed by atoms with van der Waals surface area (Å²) in [6, 6.07) is 3.46. The van der Waals surface area contributed by atoms with Crippen LogP contribution in [-0.2, 0) is 13.6 Å². The number of aryl methyl sites for hydroxylation is 1. The van der Waals surface area contributed by atoms with Crippen LogP contribution in [0.3, 0.4) is 0 Å². The van der Waals surface area contributed by atoms with E-state index in [0.29, 0.717) is 34.9 Å². The van der Waals surface area contributed by atoms with Gasteiger partial charge in [0.05, 0.1) is 11.6 Å². The van der Waals surface area contributed by atoms with Gasteiger partial charge < -0.3 is 10.1 Å². The Bertz CT molecular complexity index is 572. The molecule has 1 N–H and O–H groups in total. The number of aromatic nitrogens is 4. The molecule has 1 aromatic carbocycles. The summed E-state index contributed by atoms with van der Waals surface area (Å²) in [6.07, 6.45) is 0. The number of hydrogen-bond acceptors (Lipinski definition) is 5. The third kappa shape index (κ3) is 3.27. The fourth-order valence-electron chi connectivity index (χ4n) is 1.60. The SMILES string of the molecule is CCOc1c(Cl)cc(Cl)cc1CNc1nnnn1C. The molecule has 2 rings (SSSR count). The molecule has 0 bridgehead atoms. The first-order chi connectivity index (χ1) is 9.11. The van der Waals surface area contributed by atoms with Crippen LogP contribution in [0.15, 0.2) is 12.1 Å². The van der Waals surface area contributed by atoms with Gasteiger partial charge in [-0.05, 0) is 29.5 Å². The van der Waals surface area contributed by atoms with Crippen molar-refractivity contribution in [1.29, 1.82) is 0 Å². The van der Waals surface area contributed by atoms with Gasteiger partial charge >= 0.3 is 0 Å². The van der Waals surface area contributed by atoms with Crippen molar-refractivity contribution >= 4 is 29.2 Å². The maximum absolute atomic E-state index is 6.12. The van der Waals surface area contributed by atoms with E-state index in [1.165, 1.54) is 4.68 Å². The van der Waals surface area contributed by atoms with E-state index in [-0.39, 0.29) is 0 Å². The molecule has 0 fully saturated rings. The van der Waals surface area contributed by atoms with Crippen molar-refractivity contribution in [3.63, 3.8) is 0 Å². The molecule has 6 nitrogen and oxygen atoms in total. The van der Waals surface area contributed by atoms with Crippen molar-refractivity contribution in [2.24, 2.45) is 7.05 Å². The molecule has 0 spiro atoms. The van der Waals surface area contributed by atoms with Gasteiger partial charge in [0.25, 0.3) is 0 Å². The quantitative estimate of drug-likeness (QED) is 0.919. The molecular weight excluding hydrogens is 289 g/mol. The van der Waals surface area contributed by atoms with Crippen LogP contribution >= 0.6 is 23.2 Å². The number of anilines is 1. The first kappa shape index (κ1) is 13.9. The number of tetrazole rings is 1. The topological polar surface area (TPSA) is 64.9 Å². The minimum Gasteiger partial charge on any atom is -0.492 e. The average Bonchev–Trinajstić information content (AvgIpc) is 2.76. The third-order valence-corrected chi connectivity index (χ3v) is 2.93. The number of halogens is 2. The lowest BCUT2D eigenvalue weighted by Crippen LogP contribution is -2.07. The zero-order valence-electron chi connectivity index (χ0n) is 10.5. The van der Waals surface area contributed by atoms with Crippen molar-refractivity contribution < 1.29 is 4.74 Å². The molecule has 0 unspecified atom stereocenters. The number of nitrogens with one attached hydrogen (secondary N) is 1. The summed E-state index contributed by atoms with van der Waals surface area (Å²) >= 11 is 12.1. The van der Waals surface area contributed by atoms with E-state index in [9.17, 15) is 0 Å².